The monoisotopic (exact) mass is 568 g/mol. The van der Waals surface area contributed by atoms with E-state index in [-0.39, 0.29) is 0 Å². The molecule has 1 aliphatic heterocycles. The maximum Gasteiger partial charge on any atom is 0.480 e. The highest BCUT2D eigenvalue weighted by Crippen LogP contribution is 2.51. The Kier molecular flexibility index (Phi) is 9.84. The molecule has 0 saturated carbocycles. The van der Waals surface area contributed by atoms with E-state index in [1.807, 2.05) is 4.98 Å². The number of aliphatic hydroxyl groups excluding tert-OH is 1. The maximum atomic E-state index is 14.9. The van der Waals surface area contributed by atoms with E-state index in [1.54, 1.807) is 41.5 Å². The summed E-state index contributed by atoms with van der Waals surface area (Å²) in [7, 11) is -4.67. The number of H-pyrrole nitrogens is 1. The largest absolute Gasteiger partial charge is 0.480 e. The van der Waals surface area contributed by atoms with Gasteiger partial charge in [-0.2, -0.15) is 0 Å². The van der Waals surface area contributed by atoms with E-state index in [0.29, 0.717) is 0 Å². The number of alkyl halides is 1. The normalized spacial score (nSPS) is 24.3. The van der Waals surface area contributed by atoms with Crippen molar-refractivity contribution in [2.24, 2.45) is 10.8 Å². The minimum absolute atomic E-state index is 0.695. The van der Waals surface area contributed by atoms with Gasteiger partial charge in [-0.25, -0.2) is 22.8 Å². The third kappa shape index (κ3) is 8.04. The first-order chi connectivity index (χ1) is 17.3. The van der Waals surface area contributed by atoms with Gasteiger partial charge in [0.15, 0.2) is 12.4 Å². The average Bonchev–Trinajstić information content (AvgIpc) is 3.01. The van der Waals surface area contributed by atoms with Gasteiger partial charge in [-0.3, -0.25) is 28.5 Å². The van der Waals surface area contributed by atoms with Gasteiger partial charge in [0.2, 0.25) is 13.6 Å². The molecular formula is C22H34FN2O12P. The molecule has 0 bridgehead atoms. The number of hydrogen-bond acceptors (Lipinski definition) is 12. The van der Waals surface area contributed by atoms with E-state index in [1.165, 1.54) is 6.92 Å². The molecule has 1 fully saturated rings. The van der Waals surface area contributed by atoms with Crippen molar-refractivity contribution >= 4 is 19.8 Å². The van der Waals surface area contributed by atoms with Crippen LogP contribution in [0.4, 0.5) is 4.39 Å². The van der Waals surface area contributed by atoms with Gasteiger partial charge in [-0.05, 0) is 48.5 Å². The van der Waals surface area contributed by atoms with Crippen molar-refractivity contribution in [1.29, 1.82) is 0 Å². The van der Waals surface area contributed by atoms with Crippen molar-refractivity contribution in [2.45, 2.75) is 72.6 Å². The molecule has 0 aliphatic carbocycles. The second kappa shape index (κ2) is 11.8. The molecule has 0 aromatic carbocycles. The van der Waals surface area contributed by atoms with E-state index in [2.05, 4.69) is 0 Å². The minimum Gasteiger partial charge on any atom is -0.437 e. The third-order valence-electron chi connectivity index (χ3n) is 5.25. The standard InChI is InChI=1S/C22H34FN2O12P/c1-20(2,3)17(28)32-11-35-38(31,36-12-33-18(29)21(4,5)6)34-10-22(7)15(27)14(23)16(37-22)25-9-8-13(26)24-19(25)30/h8-9,14-16,27H,10-12H2,1-7H3,(H,24,26,30). The van der Waals surface area contributed by atoms with Crippen LogP contribution in [0.1, 0.15) is 54.7 Å². The molecule has 1 aromatic heterocycles. The van der Waals surface area contributed by atoms with Crippen LogP contribution in [0.15, 0.2) is 21.9 Å². The number of ether oxygens (including phenoxy) is 3. The lowest BCUT2D eigenvalue weighted by Gasteiger charge is -2.29. The highest BCUT2D eigenvalue weighted by atomic mass is 31.2. The number of aromatic nitrogens is 2. The molecule has 1 saturated heterocycles. The number of esters is 2. The van der Waals surface area contributed by atoms with Crippen LogP contribution in [-0.2, 0) is 41.9 Å². The fourth-order valence-corrected chi connectivity index (χ4v) is 3.90. The van der Waals surface area contributed by atoms with Gasteiger partial charge in [-0.15, -0.1) is 0 Å². The van der Waals surface area contributed by atoms with Gasteiger partial charge in [0.1, 0.15) is 11.7 Å². The van der Waals surface area contributed by atoms with Crippen LogP contribution in [-0.4, -0.2) is 64.7 Å². The fourth-order valence-electron chi connectivity index (χ4n) is 2.90. The molecule has 216 valence electrons. The molecule has 4 atom stereocenters. The predicted molar refractivity (Wildman–Crippen MR) is 127 cm³/mol. The smallest absolute Gasteiger partial charge is 0.437 e. The van der Waals surface area contributed by atoms with Crippen LogP contribution in [0.5, 0.6) is 0 Å². The summed E-state index contributed by atoms with van der Waals surface area (Å²) in [5.74, 6) is -1.39. The molecule has 38 heavy (non-hydrogen) atoms. The second-order valence-electron chi connectivity index (χ2n) is 10.8. The van der Waals surface area contributed by atoms with Crippen molar-refractivity contribution in [1.82, 2.24) is 9.55 Å². The number of aromatic amines is 1. The molecular weight excluding hydrogens is 534 g/mol. The van der Waals surface area contributed by atoms with Crippen LogP contribution in [0.3, 0.4) is 0 Å². The Morgan fingerprint density at radius 1 is 1.08 bits per heavy atom. The number of carbonyl (C=O) groups excluding carboxylic acids is 2. The van der Waals surface area contributed by atoms with Crippen molar-refractivity contribution < 1.29 is 51.4 Å². The van der Waals surface area contributed by atoms with Gasteiger partial charge >= 0.3 is 25.5 Å². The molecule has 1 aliphatic rings. The zero-order chi connectivity index (χ0) is 29.1. The first-order valence-corrected chi connectivity index (χ1v) is 12.9. The number of phosphoric acid groups is 1. The lowest BCUT2D eigenvalue weighted by Crippen LogP contribution is -2.43. The van der Waals surface area contributed by atoms with E-state index >= 15 is 0 Å². The van der Waals surface area contributed by atoms with Crippen molar-refractivity contribution in [3.8, 4) is 0 Å². The second-order valence-corrected chi connectivity index (χ2v) is 12.5. The molecule has 4 unspecified atom stereocenters. The van der Waals surface area contributed by atoms with E-state index in [0.717, 1.165) is 16.8 Å². The molecule has 0 radical (unpaired) electrons. The van der Waals surface area contributed by atoms with Crippen molar-refractivity contribution in [3.63, 3.8) is 0 Å². The molecule has 2 N–H and O–H groups in total. The number of aliphatic hydroxyl groups is 1. The molecule has 2 rings (SSSR count). The van der Waals surface area contributed by atoms with Crippen molar-refractivity contribution in [3.05, 3.63) is 33.1 Å². The summed E-state index contributed by atoms with van der Waals surface area (Å²) < 4.78 is 59.5. The Balaban J connectivity index is 2.16. The van der Waals surface area contributed by atoms with Gasteiger partial charge in [0.05, 0.1) is 17.4 Å². The van der Waals surface area contributed by atoms with Crippen LogP contribution in [0, 0.1) is 10.8 Å². The minimum atomic E-state index is -4.67. The summed E-state index contributed by atoms with van der Waals surface area (Å²) in [5.41, 5.74) is -5.41. The summed E-state index contributed by atoms with van der Waals surface area (Å²) in [5, 5.41) is 10.5. The number of phosphoric ester groups is 1. The predicted octanol–water partition coefficient (Wildman–Crippen LogP) is 1.77. The molecule has 0 spiro atoms. The van der Waals surface area contributed by atoms with E-state index < -0.39 is 86.1 Å². The number of carbonyl (C=O) groups is 2. The maximum absolute atomic E-state index is 14.9. The summed E-state index contributed by atoms with van der Waals surface area (Å²) in [6, 6.07) is 0.962. The number of nitrogens with one attached hydrogen (secondary N) is 1. The number of halogens is 1. The average molecular weight is 568 g/mol. The number of hydrogen-bond donors (Lipinski definition) is 2. The molecule has 0 amide bonds. The summed E-state index contributed by atoms with van der Waals surface area (Å²) in [6.45, 7) is 8.11. The highest BCUT2D eigenvalue weighted by Gasteiger charge is 2.54. The first kappa shape index (κ1) is 31.8. The lowest BCUT2D eigenvalue weighted by molar-refractivity contribution is -0.164. The Morgan fingerprint density at radius 2 is 1.58 bits per heavy atom. The highest BCUT2D eigenvalue weighted by molar-refractivity contribution is 7.48. The van der Waals surface area contributed by atoms with Gasteiger partial charge in [-0.1, -0.05) is 0 Å². The van der Waals surface area contributed by atoms with Crippen LogP contribution in [0.2, 0.25) is 0 Å². The third-order valence-corrected chi connectivity index (χ3v) is 6.54. The zero-order valence-electron chi connectivity index (χ0n) is 22.2. The molecule has 16 heteroatoms. The Bertz CT molecular complexity index is 1130. The SMILES string of the molecule is CC(C)(C)C(=O)OCOP(=O)(OCOC(=O)C(C)(C)C)OCC1(C)OC(n2ccc(=O)[nH]c2=O)C(F)C1O. The van der Waals surface area contributed by atoms with Crippen LogP contribution >= 0.6 is 7.82 Å². The van der Waals surface area contributed by atoms with E-state index in [9.17, 15) is 33.2 Å². The first-order valence-electron chi connectivity index (χ1n) is 11.5. The zero-order valence-corrected chi connectivity index (χ0v) is 23.1. The Labute approximate surface area is 217 Å². The van der Waals surface area contributed by atoms with Gasteiger partial charge in [0, 0.05) is 12.3 Å². The quantitative estimate of drug-likeness (QED) is 0.237. The molecule has 2 heterocycles. The van der Waals surface area contributed by atoms with Gasteiger partial charge in [0.25, 0.3) is 5.56 Å². The summed E-state index contributed by atoms with van der Waals surface area (Å²) in [4.78, 5) is 49.3. The number of nitrogens with zero attached hydrogens (tertiary/aromatic N) is 1. The summed E-state index contributed by atoms with van der Waals surface area (Å²) >= 11 is 0. The topological polar surface area (TPSA) is 182 Å². The lowest BCUT2D eigenvalue weighted by atomic mass is 9.98. The van der Waals surface area contributed by atoms with Crippen molar-refractivity contribution in [2.75, 3.05) is 20.2 Å². The number of rotatable bonds is 10. The molecule has 14 nitrogen and oxygen atoms in total. The van der Waals surface area contributed by atoms with Crippen LogP contribution < -0.4 is 11.2 Å². The van der Waals surface area contributed by atoms with E-state index in [4.69, 9.17) is 27.8 Å². The molecule has 1 aromatic rings. The van der Waals surface area contributed by atoms with Gasteiger partial charge < -0.3 is 19.3 Å². The fraction of sp³-hybridized carbons (Fsp3) is 0.727. The Hall–Kier alpha value is -2.42. The van der Waals surface area contributed by atoms with Crippen LogP contribution in [0.25, 0.3) is 0 Å². The Morgan fingerprint density at radius 3 is 2.03 bits per heavy atom. The summed E-state index contributed by atoms with van der Waals surface area (Å²) in [6.07, 6.45) is -4.72.